The summed E-state index contributed by atoms with van der Waals surface area (Å²) in [5, 5.41) is 2.34. The molecule has 0 fully saturated rings. The highest BCUT2D eigenvalue weighted by Gasteiger charge is 2.42. The Balaban J connectivity index is 2.54. The Hall–Kier alpha value is -0.248. The van der Waals surface area contributed by atoms with E-state index < -0.39 is 18.9 Å². The topological polar surface area (TPSA) is 0 Å². The first-order valence-corrected chi connectivity index (χ1v) is 10.3. The molecule has 0 amide bonds. The molecule has 0 nitrogen and oxygen atoms in total. The summed E-state index contributed by atoms with van der Waals surface area (Å²) in [6.45, 7) is 13.4. The van der Waals surface area contributed by atoms with Gasteiger partial charge in [0.05, 0.1) is 0 Å². The first kappa shape index (κ1) is 13.4. The summed E-state index contributed by atoms with van der Waals surface area (Å²) in [5.41, 5.74) is 2.20. The Bertz CT molecular complexity index is 514. The molecule has 0 N–H and O–H groups in total. The van der Waals surface area contributed by atoms with E-state index in [0.717, 1.165) is 5.56 Å². The highest BCUT2D eigenvalue weighted by atomic mass is 27.2. The lowest BCUT2D eigenvalue weighted by Gasteiger charge is -2.25. The van der Waals surface area contributed by atoms with Crippen molar-refractivity contribution in [3.05, 3.63) is 35.4 Å². The predicted octanol–water partition coefficient (Wildman–Crippen LogP) is 5.80. The molecule has 0 heterocycles. The van der Waals surface area contributed by atoms with Gasteiger partial charge >= 0.3 is 0 Å². The Morgan fingerprint density at radius 1 is 1.20 bits per heavy atom. The lowest BCUT2D eigenvalue weighted by Crippen LogP contribution is -2.27. The standard InChI is InChI=1S/C11H13.2C4H9.Al/c1-11(2)8-7-9-5-3-4-6-10(9)11;2*1-4(2)3;/h3-7H,8H2,1-2H3;2*4H,1H2,2-3H3;/i7D,8D;;;/t8-;;;/m1.../s1. The molecule has 0 saturated heterocycles. The molecule has 1 aromatic carbocycles. The van der Waals surface area contributed by atoms with Crippen molar-refractivity contribution in [3.63, 3.8) is 0 Å². The minimum Gasteiger partial charge on any atom is -0.0911 e. The molecule has 0 aromatic heterocycles. The van der Waals surface area contributed by atoms with Crippen molar-refractivity contribution in [2.75, 3.05) is 0 Å². The van der Waals surface area contributed by atoms with Crippen molar-refractivity contribution in [2.45, 2.75) is 68.7 Å². The second-order valence-corrected chi connectivity index (χ2v) is 10.8. The van der Waals surface area contributed by atoms with Crippen LogP contribution in [-0.4, -0.2) is 14.1 Å². The molecule has 2 atom stereocenters. The second-order valence-electron chi connectivity index (χ2n) is 7.82. The molecule has 1 aromatic rings. The maximum atomic E-state index is 9.44. The molecule has 20 heavy (non-hydrogen) atoms. The van der Waals surface area contributed by atoms with Crippen molar-refractivity contribution < 1.29 is 2.74 Å². The van der Waals surface area contributed by atoms with Crippen molar-refractivity contribution in [1.82, 2.24) is 0 Å². The van der Waals surface area contributed by atoms with Gasteiger partial charge in [-0.15, -0.1) is 0 Å². The van der Waals surface area contributed by atoms with Crippen LogP contribution in [0.1, 0.15) is 66.6 Å². The van der Waals surface area contributed by atoms with Gasteiger partial charge in [-0.05, 0) is 17.4 Å². The van der Waals surface area contributed by atoms with E-state index in [9.17, 15) is 1.37 Å². The molecular weight excluding hydrogens is 255 g/mol. The van der Waals surface area contributed by atoms with Crippen LogP contribution in [0.4, 0.5) is 0 Å². The number of hydrogen-bond donors (Lipinski definition) is 0. The fourth-order valence-corrected chi connectivity index (χ4v) is 7.99. The van der Waals surface area contributed by atoms with Crippen LogP contribution >= 0.6 is 0 Å². The number of benzene rings is 1. The van der Waals surface area contributed by atoms with Crippen molar-refractivity contribution in [3.8, 4) is 0 Å². The molecule has 1 heteroatoms. The van der Waals surface area contributed by atoms with Crippen LogP contribution in [0.3, 0.4) is 0 Å². The molecular formula is C19H31Al. The first-order valence-electron chi connectivity index (χ1n) is 9.21. The summed E-state index contributed by atoms with van der Waals surface area (Å²) >= 11 is -1.41. The molecule has 0 radical (unpaired) electrons. The van der Waals surface area contributed by atoms with E-state index >= 15 is 0 Å². The highest BCUT2D eigenvalue weighted by Crippen LogP contribution is 2.48. The third kappa shape index (κ3) is 3.50. The van der Waals surface area contributed by atoms with Gasteiger partial charge in [0.15, 0.2) is 0 Å². The molecule has 0 aliphatic heterocycles. The van der Waals surface area contributed by atoms with Gasteiger partial charge < -0.3 is 0 Å². The van der Waals surface area contributed by atoms with Gasteiger partial charge in [0.1, 0.15) is 0 Å². The lowest BCUT2D eigenvalue weighted by molar-refractivity contribution is 0.509. The summed E-state index contributed by atoms with van der Waals surface area (Å²) in [7, 11) is 0. The number of fused-ring (bicyclic) bond motifs is 1. The monoisotopic (exact) mass is 288 g/mol. The van der Waals surface area contributed by atoms with Crippen LogP contribution in [0.5, 0.6) is 0 Å². The number of hydrogen-bond acceptors (Lipinski definition) is 0. The van der Waals surface area contributed by atoms with Crippen LogP contribution in [0.25, 0.3) is 0 Å². The Morgan fingerprint density at radius 2 is 1.75 bits per heavy atom. The molecule has 0 saturated carbocycles. The van der Waals surface area contributed by atoms with E-state index in [1.54, 1.807) is 0 Å². The van der Waals surface area contributed by atoms with Crippen LogP contribution in [-0.2, 0) is 5.41 Å². The van der Waals surface area contributed by atoms with Crippen LogP contribution in [0, 0.1) is 11.8 Å². The average Bonchev–Trinajstić information content (AvgIpc) is 2.58. The van der Waals surface area contributed by atoms with E-state index in [0.29, 0.717) is 11.8 Å². The molecule has 1 aliphatic rings. The van der Waals surface area contributed by atoms with Gasteiger partial charge in [0.25, 0.3) is 14.1 Å². The van der Waals surface area contributed by atoms with Gasteiger partial charge in [-0.3, -0.25) is 0 Å². The summed E-state index contributed by atoms with van der Waals surface area (Å²) in [6, 6.07) is 8.43. The fourth-order valence-electron chi connectivity index (χ4n) is 3.67. The smallest absolute Gasteiger partial charge is 0.0911 e. The summed E-state index contributed by atoms with van der Waals surface area (Å²) in [5.74, 6) is 1.25. The highest BCUT2D eigenvalue weighted by molar-refractivity contribution is 6.60. The van der Waals surface area contributed by atoms with E-state index in [4.69, 9.17) is 1.37 Å². The van der Waals surface area contributed by atoms with E-state index in [2.05, 4.69) is 65.8 Å². The van der Waals surface area contributed by atoms with Crippen LogP contribution in [0.15, 0.2) is 24.3 Å². The zero-order valence-electron chi connectivity index (χ0n) is 16.0. The Kier molecular flexibility index (Phi) is 4.19. The quantitative estimate of drug-likeness (QED) is 0.601. The largest absolute Gasteiger partial charge is 0.272 e. The summed E-state index contributed by atoms with van der Waals surface area (Å²) in [6.07, 6.45) is -0.341. The van der Waals surface area contributed by atoms with Gasteiger partial charge in [0.2, 0.25) is 0 Å². The maximum Gasteiger partial charge on any atom is 0.272 e. The van der Waals surface area contributed by atoms with Gasteiger partial charge in [-0.1, -0.05) is 98.5 Å². The van der Waals surface area contributed by atoms with Crippen molar-refractivity contribution in [1.29, 1.82) is 0 Å². The van der Waals surface area contributed by atoms with E-state index in [-0.39, 0.29) is 11.8 Å². The normalized spacial score (nSPS) is 29.3. The van der Waals surface area contributed by atoms with Gasteiger partial charge in [-0.2, -0.15) is 0 Å². The molecule has 0 bridgehead atoms. The molecule has 1 aliphatic carbocycles. The van der Waals surface area contributed by atoms with Gasteiger partial charge in [0, 0.05) is 2.74 Å². The van der Waals surface area contributed by atoms with Crippen molar-refractivity contribution in [2.24, 2.45) is 11.8 Å². The van der Waals surface area contributed by atoms with Crippen molar-refractivity contribution >= 4 is 14.1 Å². The molecule has 110 valence electrons. The van der Waals surface area contributed by atoms with Crippen LogP contribution in [0.2, 0.25) is 10.6 Å². The summed E-state index contributed by atoms with van der Waals surface area (Å²) in [4.78, 5) is 0. The maximum absolute atomic E-state index is 9.44. The van der Waals surface area contributed by atoms with Gasteiger partial charge in [-0.25, -0.2) is 0 Å². The Morgan fingerprint density at radius 3 is 2.30 bits per heavy atom. The molecule has 0 spiro atoms. The predicted molar refractivity (Wildman–Crippen MR) is 91.9 cm³/mol. The first-order chi connectivity index (χ1) is 10.1. The van der Waals surface area contributed by atoms with E-state index in [1.807, 2.05) is 0 Å². The fraction of sp³-hybridized carbons (Fsp3) is 0.684. The Labute approximate surface area is 133 Å². The lowest BCUT2D eigenvalue weighted by atomic mass is 9.87. The second kappa shape index (κ2) is 6.25. The van der Waals surface area contributed by atoms with Crippen LogP contribution < -0.4 is 0 Å². The number of rotatable bonds is 5. The SMILES string of the molecule is [2H][C@H]1C(C)(C)c2ccccc2[C@]1([2H])[Al]([CH2]C(C)C)[CH2]C(C)C. The van der Waals surface area contributed by atoms with E-state index in [1.165, 1.54) is 16.1 Å². The zero-order valence-corrected chi connectivity index (χ0v) is 15.2. The minimum absolute atomic E-state index is 0.211. The summed E-state index contributed by atoms with van der Waals surface area (Å²) < 4.78 is 17.7. The molecule has 2 rings (SSSR count). The minimum atomic E-state index is -1.41. The third-order valence-corrected chi connectivity index (χ3v) is 8.78. The average molecular weight is 288 g/mol. The molecule has 0 unspecified atom stereocenters. The zero-order chi connectivity index (χ0) is 16.7. The third-order valence-electron chi connectivity index (χ3n) is 4.40.